The Balaban J connectivity index is 2.16. The Hall–Kier alpha value is -2.48. The fourth-order valence-electron chi connectivity index (χ4n) is 2.50. The van der Waals surface area contributed by atoms with E-state index >= 15 is 0 Å². The molecule has 0 radical (unpaired) electrons. The molecule has 1 unspecified atom stereocenters. The van der Waals surface area contributed by atoms with E-state index in [2.05, 4.69) is 5.32 Å². The average Bonchev–Trinajstić information content (AvgIpc) is 2.66. The molecule has 1 N–H and O–H groups in total. The molecule has 0 aliphatic rings. The topological polar surface area (TPSA) is 56.8 Å². The number of hydrogen-bond donors (Lipinski definition) is 1. The van der Waals surface area contributed by atoms with Crippen molar-refractivity contribution in [3.63, 3.8) is 0 Å². The third kappa shape index (κ3) is 5.26. The van der Waals surface area contributed by atoms with Gasteiger partial charge >= 0.3 is 0 Å². The van der Waals surface area contributed by atoms with Gasteiger partial charge < -0.3 is 19.5 Å². The standard InChI is InChI=1S/C19H21F2NO4S/c1-11(13-9-15(24-2)17(26-4)16(10-13)25-3)22-18(23)12-5-7-14(8-6-12)27-19(20)21/h5-11,19H,1-4H3,(H,22,23). The van der Waals surface area contributed by atoms with Crippen LogP contribution in [-0.4, -0.2) is 33.0 Å². The van der Waals surface area contributed by atoms with E-state index in [1.807, 2.05) is 6.92 Å². The zero-order chi connectivity index (χ0) is 20.0. The summed E-state index contributed by atoms with van der Waals surface area (Å²) in [4.78, 5) is 12.8. The van der Waals surface area contributed by atoms with Gasteiger partial charge in [-0.1, -0.05) is 11.8 Å². The number of carbonyl (C=O) groups is 1. The minimum absolute atomic E-state index is 0.315. The smallest absolute Gasteiger partial charge is 0.288 e. The van der Waals surface area contributed by atoms with Crippen molar-refractivity contribution in [1.29, 1.82) is 0 Å². The molecule has 27 heavy (non-hydrogen) atoms. The number of halogens is 2. The summed E-state index contributed by atoms with van der Waals surface area (Å²) in [5, 5.41) is 2.87. The number of methoxy groups -OCH3 is 3. The van der Waals surface area contributed by atoms with Crippen molar-refractivity contribution in [2.75, 3.05) is 21.3 Å². The highest BCUT2D eigenvalue weighted by Crippen LogP contribution is 2.39. The fourth-order valence-corrected chi connectivity index (χ4v) is 3.00. The van der Waals surface area contributed by atoms with Gasteiger partial charge in [0, 0.05) is 10.5 Å². The summed E-state index contributed by atoms with van der Waals surface area (Å²) in [7, 11) is 4.55. The fraction of sp³-hybridized carbons (Fsp3) is 0.316. The van der Waals surface area contributed by atoms with Gasteiger partial charge in [-0.2, -0.15) is 8.78 Å². The minimum atomic E-state index is -2.50. The van der Waals surface area contributed by atoms with Gasteiger partial charge in [-0.25, -0.2) is 0 Å². The van der Waals surface area contributed by atoms with Crippen molar-refractivity contribution in [2.45, 2.75) is 23.6 Å². The predicted octanol–water partition coefficient (Wildman–Crippen LogP) is 4.52. The van der Waals surface area contributed by atoms with Crippen LogP contribution in [0.15, 0.2) is 41.3 Å². The Kier molecular flexibility index (Phi) is 7.29. The zero-order valence-corrected chi connectivity index (χ0v) is 16.2. The normalized spacial score (nSPS) is 11.8. The first-order valence-corrected chi connectivity index (χ1v) is 8.93. The second kappa shape index (κ2) is 9.45. The maximum absolute atomic E-state index is 12.4. The van der Waals surface area contributed by atoms with E-state index < -0.39 is 5.76 Å². The van der Waals surface area contributed by atoms with Crippen molar-refractivity contribution in [1.82, 2.24) is 5.32 Å². The summed E-state index contributed by atoms with van der Waals surface area (Å²) in [6, 6.07) is 9.19. The minimum Gasteiger partial charge on any atom is -0.493 e. The number of carbonyl (C=O) groups excluding carboxylic acids is 1. The molecule has 0 aromatic heterocycles. The number of hydrogen-bond acceptors (Lipinski definition) is 5. The summed E-state index contributed by atoms with van der Waals surface area (Å²) in [5.74, 6) is -1.37. The predicted molar refractivity (Wildman–Crippen MR) is 100 cm³/mol. The van der Waals surface area contributed by atoms with Gasteiger partial charge in [-0.3, -0.25) is 4.79 Å². The molecule has 146 valence electrons. The number of rotatable bonds is 8. The van der Waals surface area contributed by atoms with Crippen LogP contribution in [0.3, 0.4) is 0 Å². The van der Waals surface area contributed by atoms with Crippen molar-refractivity contribution in [2.24, 2.45) is 0 Å². The maximum Gasteiger partial charge on any atom is 0.288 e. The molecule has 5 nitrogen and oxygen atoms in total. The number of amides is 1. The molecule has 0 fully saturated rings. The van der Waals surface area contributed by atoms with Crippen molar-refractivity contribution in [3.05, 3.63) is 47.5 Å². The Labute approximate surface area is 161 Å². The highest BCUT2D eigenvalue weighted by atomic mass is 32.2. The summed E-state index contributed by atoms with van der Waals surface area (Å²) in [6.45, 7) is 1.82. The number of benzene rings is 2. The van der Waals surface area contributed by atoms with Crippen LogP contribution in [0.25, 0.3) is 0 Å². The molecule has 0 saturated heterocycles. The molecule has 1 amide bonds. The molecule has 0 aliphatic carbocycles. The zero-order valence-electron chi connectivity index (χ0n) is 15.4. The first kappa shape index (κ1) is 20.8. The first-order valence-electron chi connectivity index (χ1n) is 8.05. The van der Waals surface area contributed by atoms with E-state index in [-0.39, 0.29) is 11.9 Å². The van der Waals surface area contributed by atoms with Crippen LogP contribution in [0.5, 0.6) is 17.2 Å². The Bertz CT molecular complexity index is 759. The van der Waals surface area contributed by atoms with Crippen LogP contribution in [0, 0.1) is 0 Å². The van der Waals surface area contributed by atoms with Gasteiger partial charge in [0.15, 0.2) is 11.5 Å². The molecule has 0 saturated carbocycles. The lowest BCUT2D eigenvalue weighted by atomic mass is 10.1. The quantitative estimate of drug-likeness (QED) is 0.664. The van der Waals surface area contributed by atoms with Crippen LogP contribution in [0.2, 0.25) is 0 Å². The third-order valence-corrected chi connectivity index (χ3v) is 4.60. The highest BCUT2D eigenvalue weighted by molar-refractivity contribution is 7.99. The lowest BCUT2D eigenvalue weighted by Gasteiger charge is -2.19. The Morgan fingerprint density at radius 1 is 1.00 bits per heavy atom. The molecule has 2 aromatic carbocycles. The van der Waals surface area contributed by atoms with E-state index in [9.17, 15) is 13.6 Å². The molecule has 0 bridgehead atoms. The Morgan fingerprint density at radius 3 is 2.00 bits per heavy atom. The van der Waals surface area contributed by atoms with Gasteiger partial charge in [0.05, 0.1) is 27.4 Å². The SMILES string of the molecule is COc1cc(C(C)NC(=O)c2ccc(SC(F)F)cc2)cc(OC)c1OC. The van der Waals surface area contributed by atoms with Gasteiger partial charge in [-0.15, -0.1) is 0 Å². The second-order valence-electron chi connectivity index (χ2n) is 5.56. The summed E-state index contributed by atoms with van der Waals surface area (Å²) in [6.07, 6.45) is 0. The molecular weight excluding hydrogens is 376 g/mol. The van der Waals surface area contributed by atoms with E-state index in [4.69, 9.17) is 14.2 Å². The molecule has 8 heteroatoms. The number of ether oxygens (including phenoxy) is 3. The molecule has 2 aromatic rings. The van der Waals surface area contributed by atoms with Crippen molar-refractivity contribution >= 4 is 17.7 Å². The van der Waals surface area contributed by atoms with Crippen LogP contribution in [-0.2, 0) is 0 Å². The van der Waals surface area contributed by atoms with Gasteiger partial charge in [-0.05, 0) is 48.9 Å². The van der Waals surface area contributed by atoms with Crippen LogP contribution in [0.1, 0.15) is 28.9 Å². The van der Waals surface area contributed by atoms with E-state index in [0.717, 1.165) is 5.56 Å². The van der Waals surface area contributed by atoms with E-state index in [1.54, 1.807) is 12.1 Å². The van der Waals surface area contributed by atoms with Crippen LogP contribution < -0.4 is 19.5 Å². The maximum atomic E-state index is 12.4. The molecular formula is C19H21F2NO4S. The monoisotopic (exact) mass is 397 g/mol. The van der Waals surface area contributed by atoms with Gasteiger partial charge in [0.1, 0.15) is 0 Å². The Morgan fingerprint density at radius 2 is 1.56 bits per heavy atom. The molecule has 2 rings (SSSR count). The van der Waals surface area contributed by atoms with Gasteiger partial charge in [0.2, 0.25) is 5.75 Å². The van der Waals surface area contributed by atoms with Crippen molar-refractivity contribution < 1.29 is 27.8 Å². The van der Waals surface area contributed by atoms with Crippen LogP contribution >= 0.6 is 11.8 Å². The first-order chi connectivity index (χ1) is 12.9. The number of alkyl halides is 2. The van der Waals surface area contributed by atoms with E-state index in [1.165, 1.54) is 45.6 Å². The average molecular weight is 397 g/mol. The van der Waals surface area contributed by atoms with Crippen LogP contribution in [0.4, 0.5) is 8.78 Å². The summed E-state index contributed by atoms with van der Waals surface area (Å²) < 4.78 is 40.7. The van der Waals surface area contributed by atoms with Crippen molar-refractivity contribution in [3.8, 4) is 17.2 Å². The number of nitrogens with one attached hydrogen (secondary N) is 1. The second-order valence-corrected chi connectivity index (χ2v) is 6.62. The molecule has 0 spiro atoms. The lowest BCUT2D eigenvalue weighted by Crippen LogP contribution is -2.26. The molecule has 0 aliphatic heterocycles. The highest BCUT2D eigenvalue weighted by Gasteiger charge is 2.18. The van der Waals surface area contributed by atoms with E-state index in [0.29, 0.717) is 39.5 Å². The molecule has 0 heterocycles. The number of thioether (sulfide) groups is 1. The third-order valence-electron chi connectivity index (χ3n) is 3.88. The van der Waals surface area contributed by atoms with Gasteiger partial charge in [0.25, 0.3) is 11.7 Å². The lowest BCUT2D eigenvalue weighted by molar-refractivity contribution is 0.0939. The summed E-state index contributed by atoms with van der Waals surface area (Å²) >= 11 is 0.437. The molecule has 1 atom stereocenters. The largest absolute Gasteiger partial charge is 0.493 e. The summed E-state index contributed by atoms with van der Waals surface area (Å²) in [5.41, 5.74) is 1.15.